The van der Waals surface area contributed by atoms with Gasteiger partial charge in [-0.15, -0.1) is 0 Å². The zero-order valence-electron chi connectivity index (χ0n) is 15.7. The predicted molar refractivity (Wildman–Crippen MR) is 101 cm³/mol. The second-order valence-corrected chi connectivity index (χ2v) is 6.02. The average Bonchev–Trinajstić information content (AvgIpc) is 2.66. The Labute approximate surface area is 154 Å². The molecular formula is C20H26N2O4. The van der Waals surface area contributed by atoms with Crippen molar-refractivity contribution in [2.45, 2.75) is 6.54 Å². The first-order valence-corrected chi connectivity index (χ1v) is 8.40. The lowest BCUT2D eigenvalue weighted by atomic mass is 10.1. The molecule has 0 aromatic heterocycles. The lowest BCUT2D eigenvalue weighted by Crippen LogP contribution is -2.23. The number of nitrogens with one attached hydrogen (secondary N) is 1. The Morgan fingerprint density at radius 2 is 1.77 bits per heavy atom. The van der Waals surface area contributed by atoms with Gasteiger partial charge < -0.3 is 24.4 Å². The molecule has 0 aliphatic carbocycles. The molecule has 0 saturated carbocycles. The fourth-order valence-electron chi connectivity index (χ4n) is 2.39. The number of carbonyl (C=O) groups excluding carboxylic acids is 1. The highest BCUT2D eigenvalue weighted by molar-refractivity contribution is 5.97. The number of ether oxygens (including phenoxy) is 3. The van der Waals surface area contributed by atoms with Gasteiger partial charge in [-0.1, -0.05) is 18.2 Å². The van der Waals surface area contributed by atoms with Crippen LogP contribution in [0.1, 0.15) is 15.9 Å². The fourth-order valence-corrected chi connectivity index (χ4v) is 2.39. The highest BCUT2D eigenvalue weighted by Gasteiger charge is 2.15. The fraction of sp³-hybridized carbons (Fsp3) is 0.350. The number of carbonyl (C=O) groups is 1. The van der Waals surface area contributed by atoms with Crippen LogP contribution in [-0.4, -0.2) is 52.3 Å². The molecule has 6 heteroatoms. The number of hydrogen-bond donors (Lipinski definition) is 1. The van der Waals surface area contributed by atoms with Crippen LogP contribution >= 0.6 is 0 Å². The minimum Gasteiger partial charge on any atom is -0.493 e. The summed E-state index contributed by atoms with van der Waals surface area (Å²) >= 11 is 0. The van der Waals surface area contributed by atoms with E-state index in [1.54, 1.807) is 25.3 Å². The molecule has 0 fully saturated rings. The topological polar surface area (TPSA) is 60.0 Å². The zero-order valence-corrected chi connectivity index (χ0v) is 15.7. The van der Waals surface area contributed by atoms with Crippen molar-refractivity contribution in [3.8, 4) is 17.2 Å². The van der Waals surface area contributed by atoms with E-state index in [0.717, 1.165) is 17.9 Å². The number of amides is 1. The Bertz CT molecular complexity index is 714. The Morgan fingerprint density at radius 1 is 1.04 bits per heavy atom. The normalized spacial score (nSPS) is 10.5. The lowest BCUT2D eigenvalue weighted by Gasteiger charge is -2.13. The Kier molecular flexibility index (Phi) is 7.29. The van der Waals surface area contributed by atoms with Gasteiger partial charge >= 0.3 is 0 Å². The summed E-state index contributed by atoms with van der Waals surface area (Å²) in [5.74, 6) is 1.56. The van der Waals surface area contributed by atoms with Crippen LogP contribution in [-0.2, 0) is 6.54 Å². The van der Waals surface area contributed by atoms with Crippen LogP contribution in [0.25, 0.3) is 0 Å². The van der Waals surface area contributed by atoms with Gasteiger partial charge in [0.2, 0.25) is 0 Å². The summed E-state index contributed by atoms with van der Waals surface area (Å²) in [7, 11) is 7.07. The van der Waals surface area contributed by atoms with Gasteiger partial charge in [0.05, 0.1) is 19.8 Å². The van der Waals surface area contributed by atoms with Crippen molar-refractivity contribution in [2.24, 2.45) is 0 Å². The molecule has 0 heterocycles. The molecule has 26 heavy (non-hydrogen) atoms. The van der Waals surface area contributed by atoms with E-state index in [-0.39, 0.29) is 5.91 Å². The summed E-state index contributed by atoms with van der Waals surface area (Å²) in [5.41, 5.74) is 1.43. The minimum absolute atomic E-state index is 0.216. The largest absolute Gasteiger partial charge is 0.493 e. The molecule has 2 aromatic rings. The summed E-state index contributed by atoms with van der Waals surface area (Å²) in [6.45, 7) is 1.91. The summed E-state index contributed by atoms with van der Waals surface area (Å²) in [5, 5.41) is 2.90. The third kappa shape index (κ3) is 5.39. The van der Waals surface area contributed by atoms with Crippen LogP contribution < -0.4 is 19.5 Å². The molecular weight excluding hydrogens is 332 g/mol. The van der Waals surface area contributed by atoms with Gasteiger partial charge in [0, 0.05) is 13.1 Å². The van der Waals surface area contributed by atoms with Gasteiger partial charge in [-0.3, -0.25) is 4.79 Å². The molecule has 0 spiro atoms. The monoisotopic (exact) mass is 358 g/mol. The van der Waals surface area contributed by atoms with Gasteiger partial charge in [-0.2, -0.15) is 0 Å². The molecule has 0 saturated heterocycles. The maximum Gasteiger partial charge on any atom is 0.255 e. The first-order chi connectivity index (χ1) is 12.5. The molecule has 0 unspecified atom stereocenters. The first-order valence-electron chi connectivity index (χ1n) is 8.40. The van der Waals surface area contributed by atoms with Crippen LogP contribution in [0.2, 0.25) is 0 Å². The van der Waals surface area contributed by atoms with E-state index in [0.29, 0.717) is 30.2 Å². The number of hydrogen-bond acceptors (Lipinski definition) is 5. The summed E-state index contributed by atoms with van der Waals surface area (Å²) in [4.78, 5) is 14.5. The van der Waals surface area contributed by atoms with Gasteiger partial charge in [-0.25, -0.2) is 0 Å². The van der Waals surface area contributed by atoms with Gasteiger partial charge in [-0.05, 0) is 43.9 Å². The third-order valence-corrected chi connectivity index (χ3v) is 3.83. The van der Waals surface area contributed by atoms with E-state index in [1.807, 2.05) is 38.4 Å². The molecule has 0 aliphatic rings. The van der Waals surface area contributed by atoms with Gasteiger partial charge in [0.15, 0.2) is 11.5 Å². The van der Waals surface area contributed by atoms with Crippen LogP contribution in [0, 0.1) is 0 Å². The molecule has 0 aliphatic heterocycles. The van der Waals surface area contributed by atoms with E-state index in [4.69, 9.17) is 14.2 Å². The third-order valence-electron chi connectivity index (χ3n) is 3.83. The second-order valence-electron chi connectivity index (χ2n) is 6.02. The number of methoxy groups -OCH3 is 2. The van der Waals surface area contributed by atoms with Crippen molar-refractivity contribution in [1.82, 2.24) is 10.2 Å². The highest BCUT2D eigenvalue weighted by Crippen LogP contribution is 2.30. The Morgan fingerprint density at radius 3 is 2.38 bits per heavy atom. The van der Waals surface area contributed by atoms with Crippen LogP contribution in [0.3, 0.4) is 0 Å². The summed E-state index contributed by atoms with van der Waals surface area (Å²) in [6, 6.07) is 12.9. The van der Waals surface area contributed by atoms with Crippen LogP contribution in [0.15, 0.2) is 42.5 Å². The Balaban J connectivity index is 1.93. The van der Waals surface area contributed by atoms with E-state index >= 15 is 0 Å². The molecule has 1 N–H and O–H groups in total. The predicted octanol–water partition coefficient (Wildman–Crippen LogP) is 2.57. The maximum atomic E-state index is 12.5. The average molecular weight is 358 g/mol. The number of benzene rings is 2. The number of rotatable bonds is 9. The maximum absolute atomic E-state index is 12.5. The highest BCUT2D eigenvalue weighted by atomic mass is 16.5. The van der Waals surface area contributed by atoms with E-state index in [1.165, 1.54) is 7.11 Å². The van der Waals surface area contributed by atoms with Crippen molar-refractivity contribution in [1.29, 1.82) is 0 Å². The van der Waals surface area contributed by atoms with Crippen molar-refractivity contribution in [2.75, 3.05) is 41.5 Å². The number of nitrogens with zero attached hydrogens (tertiary/aromatic N) is 1. The molecule has 1 amide bonds. The van der Waals surface area contributed by atoms with Crippen LogP contribution in [0.5, 0.6) is 17.2 Å². The van der Waals surface area contributed by atoms with Crippen molar-refractivity contribution in [3.05, 3.63) is 53.6 Å². The molecule has 0 radical (unpaired) electrons. The van der Waals surface area contributed by atoms with Crippen LogP contribution in [0.4, 0.5) is 0 Å². The smallest absolute Gasteiger partial charge is 0.255 e. The molecule has 2 aromatic carbocycles. The standard InChI is InChI=1S/C20H26N2O4/c1-22(2)12-13-26-16-10-8-15(9-11-16)14-21-20(23)17-6-5-7-18(24-3)19(17)25-4/h5-11H,12-14H2,1-4H3,(H,21,23). The Hall–Kier alpha value is -2.73. The number of para-hydroxylation sites is 1. The zero-order chi connectivity index (χ0) is 18.9. The number of likely N-dealkylation sites (N-methyl/N-ethyl adjacent to an activating group) is 1. The summed E-state index contributed by atoms with van der Waals surface area (Å²) < 4.78 is 16.2. The summed E-state index contributed by atoms with van der Waals surface area (Å²) in [6.07, 6.45) is 0. The molecule has 140 valence electrons. The van der Waals surface area contributed by atoms with Crippen molar-refractivity contribution < 1.29 is 19.0 Å². The van der Waals surface area contributed by atoms with E-state index < -0.39 is 0 Å². The minimum atomic E-state index is -0.216. The van der Waals surface area contributed by atoms with Crippen molar-refractivity contribution in [3.63, 3.8) is 0 Å². The van der Waals surface area contributed by atoms with E-state index in [9.17, 15) is 4.79 Å². The second kappa shape index (κ2) is 9.68. The van der Waals surface area contributed by atoms with E-state index in [2.05, 4.69) is 10.2 Å². The molecule has 0 atom stereocenters. The molecule has 2 rings (SSSR count). The van der Waals surface area contributed by atoms with Gasteiger partial charge in [0.1, 0.15) is 12.4 Å². The first kappa shape index (κ1) is 19.6. The van der Waals surface area contributed by atoms with Gasteiger partial charge in [0.25, 0.3) is 5.91 Å². The molecule has 0 bridgehead atoms. The quantitative estimate of drug-likeness (QED) is 0.747. The van der Waals surface area contributed by atoms with Crippen molar-refractivity contribution >= 4 is 5.91 Å². The lowest BCUT2D eigenvalue weighted by molar-refractivity contribution is 0.0947. The molecule has 6 nitrogen and oxygen atoms in total. The SMILES string of the molecule is COc1cccc(C(=O)NCc2ccc(OCCN(C)C)cc2)c1OC.